The topological polar surface area (TPSA) is 138 Å². The second-order valence-corrected chi connectivity index (χ2v) is 13.7. The van der Waals surface area contributed by atoms with Crippen molar-refractivity contribution in [3.63, 3.8) is 0 Å². The summed E-state index contributed by atoms with van der Waals surface area (Å²) in [6, 6.07) is 5.72. The molecule has 1 saturated heterocycles. The molecular formula is C28H38ClN7O5S. The van der Waals surface area contributed by atoms with Gasteiger partial charge in [0.25, 0.3) is 5.91 Å². The monoisotopic (exact) mass is 619 g/mol. The van der Waals surface area contributed by atoms with Crippen LogP contribution in [0.4, 0.5) is 16.3 Å². The molecule has 3 aromatic rings. The number of fused-ring (bicyclic) bond motifs is 1. The molecule has 1 aliphatic rings. The minimum Gasteiger partial charge on any atom is -0.444 e. The number of benzene rings is 1. The first-order chi connectivity index (χ1) is 19.5. The van der Waals surface area contributed by atoms with Crippen LogP contribution in [-0.4, -0.2) is 78.0 Å². The molecule has 0 bridgehead atoms. The van der Waals surface area contributed by atoms with Gasteiger partial charge in [0.05, 0.1) is 35.3 Å². The van der Waals surface area contributed by atoms with Crippen LogP contribution in [0.1, 0.15) is 68.7 Å². The number of nitrogens with zero attached hydrogens (tertiary/aromatic N) is 5. The van der Waals surface area contributed by atoms with Gasteiger partial charge in [-0.1, -0.05) is 18.5 Å². The van der Waals surface area contributed by atoms with Crippen LogP contribution in [0, 0.1) is 0 Å². The number of aryl methyl sites for hydroxylation is 1. The lowest BCUT2D eigenvalue weighted by atomic mass is 10.1. The fourth-order valence-electron chi connectivity index (χ4n) is 4.79. The summed E-state index contributed by atoms with van der Waals surface area (Å²) in [6.07, 6.45) is 4.02. The van der Waals surface area contributed by atoms with E-state index in [9.17, 15) is 18.0 Å². The van der Waals surface area contributed by atoms with Gasteiger partial charge < -0.3 is 19.9 Å². The fourth-order valence-corrected chi connectivity index (χ4v) is 5.54. The van der Waals surface area contributed by atoms with Crippen molar-refractivity contribution >= 4 is 50.8 Å². The maximum Gasteiger partial charge on any atom is 0.407 e. The van der Waals surface area contributed by atoms with E-state index in [1.54, 1.807) is 11.6 Å². The van der Waals surface area contributed by atoms with Crippen LogP contribution in [0.2, 0.25) is 5.02 Å². The van der Waals surface area contributed by atoms with Gasteiger partial charge in [-0.2, -0.15) is 5.10 Å². The summed E-state index contributed by atoms with van der Waals surface area (Å²) in [4.78, 5) is 34.3. The van der Waals surface area contributed by atoms with Gasteiger partial charge >= 0.3 is 6.09 Å². The molecule has 14 heteroatoms. The maximum absolute atomic E-state index is 13.5. The van der Waals surface area contributed by atoms with Gasteiger partial charge in [-0.05, 0) is 58.7 Å². The van der Waals surface area contributed by atoms with Crippen LogP contribution in [0.15, 0.2) is 30.5 Å². The molecule has 2 atom stereocenters. The van der Waals surface area contributed by atoms with E-state index >= 15 is 0 Å². The first kappa shape index (κ1) is 31.4. The van der Waals surface area contributed by atoms with E-state index in [1.165, 1.54) is 23.1 Å². The summed E-state index contributed by atoms with van der Waals surface area (Å²) in [5.41, 5.74) is 1.94. The van der Waals surface area contributed by atoms with E-state index in [-0.39, 0.29) is 17.3 Å². The highest BCUT2D eigenvalue weighted by atomic mass is 35.5. The molecule has 0 aliphatic carbocycles. The largest absolute Gasteiger partial charge is 0.444 e. The van der Waals surface area contributed by atoms with Gasteiger partial charge in [-0.15, -0.1) is 0 Å². The summed E-state index contributed by atoms with van der Waals surface area (Å²) in [6.45, 7) is 10.7. The minimum atomic E-state index is -3.61. The zero-order valence-corrected chi connectivity index (χ0v) is 26.5. The number of aromatic nitrogens is 3. The average Bonchev–Trinajstić information content (AvgIpc) is 3.52. The molecule has 1 aliphatic heterocycles. The fraction of sp³-hybridized carbons (Fsp3) is 0.500. The van der Waals surface area contributed by atoms with Gasteiger partial charge in [0.15, 0.2) is 5.65 Å². The Morgan fingerprint density at radius 1 is 1.26 bits per heavy atom. The molecule has 3 heterocycles. The Hall–Kier alpha value is -3.58. The number of nitrogens with one attached hydrogen (secondary N) is 2. The van der Waals surface area contributed by atoms with Crippen LogP contribution < -0.4 is 14.9 Å². The van der Waals surface area contributed by atoms with E-state index in [1.807, 2.05) is 46.9 Å². The normalized spacial score (nSPS) is 16.4. The highest BCUT2D eigenvalue weighted by Gasteiger charge is 2.29. The molecule has 0 spiro atoms. The molecule has 42 heavy (non-hydrogen) atoms. The van der Waals surface area contributed by atoms with Gasteiger partial charge in [0.1, 0.15) is 11.4 Å². The number of alkyl carbamates (subject to hydrolysis) is 1. The number of halogens is 1. The molecule has 2 amide bonds. The molecule has 2 aromatic heterocycles. The van der Waals surface area contributed by atoms with Crippen molar-refractivity contribution in [2.75, 3.05) is 36.0 Å². The van der Waals surface area contributed by atoms with E-state index in [4.69, 9.17) is 26.4 Å². The SMILES string of the molecule is CCc1cn2nc([C@H](C)N(C)C(=O)c3cc(Cl)ccc3NS(C)(=O)=O)cc2nc1N1CC[C@H](NC(=O)OC(C)(C)C)C1. The first-order valence-corrected chi connectivity index (χ1v) is 16.0. The van der Waals surface area contributed by atoms with E-state index in [0.29, 0.717) is 22.9 Å². The van der Waals surface area contributed by atoms with Crippen LogP contribution in [0.25, 0.3) is 5.65 Å². The number of hydrogen-bond donors (Lipinski definition) is 2. The Labute approximate surface area is 251 Å². The lowest BCUT2D eigenvalue weighted by molar-refractivity contribution is 0.0508. The average molecular weight is 620 g/mol. The molecule has 1 fully saturated rings. The predicted molar refractivity (Wildman–Crippen MR) is 163 cm³/mol. The number of hydrogen-bond acceptors (Lipinski definition) is 8. The van der Waals surface area contributed by atoms with Crippen LogP contribution in [-0.2, 0) is 21.2 Å². The number of sulfonamides is 1. The Morgan fingerprint density at radius 3 is 2.62 bits per heavy atom. The zero-order valence-electron chi connectivity index (χ0n) is 24.9. The van der Waals surface area contributed by atoms with Gasteiger partial charge in [0, 0.05) is 43.0 Å². The van der Waals surface area contributed by atoms with Crippen molar-refractivity contribution < 1.29 is 22.7 Å². The van der Waals surface area contributed by atoms with E-state index in [2.05, 4.69) is 14.9 Å². The van der Waals surface area contributed by atoms with Crippen LogP contribution >= 0.6 is 11.6 Å². The Bertz CT molecular complexity index is 1600. The molecule has 2 N–H and O–H groups in total. The number of carbonyl (C=O) groups is 2. The lowest BCUT2D eigenvalue weighted by Crippen LogP contribution is -2.40. The Kier molecular flexibility index (Phi) is 8.93. The smallest absolute Gasteiger partial charge is 0.407 e. The van der Waals surface area contributed by atoms with E-state index in [0.717, 1.165) is 37.0 Å². The van der Waals surface area contributed by atoms with Crippen LogP contribution in [0.3, 0.4) is 0 Å². The van der Waals surface area contributed by atoms with Crippen molar-refractivity contribution in [2.24, 2.45) is 0 Å². The molecule has 228 valence electrons. The Morgan fingerprint density at radius 2 is 1.98 bits per heavy atom. The third-order valence-electron chi connectivity index (χ3n) is 6.95. The van der Waals surface area contributed by atoms with Crippen molar-refractivity contribution in [2.45, 2.75) is 65.1 Å². The molecule has 1 aromatic carbocycles. The first-order valence-electron chi connectivity index (χ1n) is 13.7. The summed E-state index contributed by atoms with van der Waals surface area (Å²) >= 11 is 6.14. The van der Waals surface area contributed by atoms with E-state index < -0.39 is 33.7 Å². The summed E-state index contributed by atoms with van der Waals surface area (Å²) < 4.78 is 33.2. The molecule has 4 rings (SSSR count). The second-order valence-electron chi connectivity index (χ2n) is 11.5. The van der Waals surface area contributed by atoms with Gasteiger partial charge in [-0.3, -0.25) is 9.52 Å². The third kappa shape index (κ3) is 7.43. The van der Waals surface area contributed by atoms with Gasteiger partial charge in [-0.25, -0.2) is 22.7 Å². The summed E-state index contributed by atoms with van der Waals surface area (Å²) in [5, 5.41) is 7.96. The minimum absolute atomic E-state index is 0.0590. The molecule has 0 radical (unpaired) electrons. The summed E-state index contributed by atoms with van der Waals surface area (Å²) in [7, 11) is -1.99. The van der Waals surface area contributed by atoms with Crippen molar-refractivity contribution in [3.05, 3.63) is 52.3 Å². The highest BCUT2D eigenvalue weighted by Crippen LogP contribution is 2.29. The number of carbonyl (C=O) groups excluding carboxylic acids is 2. The van der Waals surface area contributed by atoms with Crippen molar-refractivity contribution in [1.29, 1.82) is 0 Å². The standard InChI is InChI=1S/C28H38ClN7O5S/c1-8-18-15-36-24(31-25(18)35-12-11-20(16-35)30-27(38)41-28(3,4)5)14-23(32-36)17(2)34(6)26(37)21-13-19(29)9-10-22(21)33-42(7,39)40/h9-10,13-15,17,20,33H,8,11-12,16H2,1-7H3,(H,30,38)/t17-,20-/m0/s1. The quantitative estimate of drug-likeness (QED) is 0.382. The van der Waals surface area contributed by atoms with Crippen molar-refractivity contribution in [3.8, 4) is 0 Å². The zero-order chi connectivity index (χ0) is 31.0. The van der Waals surface area contributed by atoms with Crippen LogP contribution in [0.5, 0.6) is 0 Å². The second kappa shape index (κ2) is 12.0. The van der Waals surface area contributed by atoms with Crippen molar-refractivity contribution in [1.82, 2.24) is 24.8 Å². The maximum atomic E-state index is 13.5. The summed E-state index contributed by atoms with van der Waals surface area (Å²) in [5.74, 6) is 0.411. The number of ether oxygens (including phenoxy) is 1. The predicted octanol–water partition coefficient (Wildman–Crippen LogP) is 4.25. The Balaban J connectivity index is 1.55. The lowest BCUT2D eigenvalue weighted by Gasteiger charge is -2.24. The van der Waals surface area contributed by atoms with Gasteiger partial charge in [0.2, 0.25) is 10.0 Å². The molecular weight excluding hydrogens is 582 g/mol. The third-order valence-corrected chi connectivity index (χ3v) is 7.77. The number of anilines is 2. The number of rotatable bonds is 8. The number of amides is 2. The molecule has 0 saturated carbocycles. The highest BCUT2D eigenvalue weighted by molar-refractivity contribution is 7.92. The molecule has 12 nitrogen and oxygen atoms in total. The molecule has 0 unspecified atom stereocenters.